The highest BCUT2D eigenvalue weighted by atomic mass is 16.5. The lowest BCUT2D eigenvalue weighted by Gasteiger charge is -2.10. The standard InChI is InChI=1S/C17H19N3O/c1-2-15(19)10-13-5-7-16(8-6-13)21-12-14-4-3-9-20-17(14)11-18/h3-9,15H,2,10,12,19H2,1H3. The molecule has 0 aliphatic rings. The molecule has 0 aliphatic carbocycles. The van der Waals surface area contributed by atoms with Crippen molar-refractivity contribution in [3.8, 4) is 11.8 Å². The van der Waals surface area contributed by atoms with E-state index in [-0.39, 0.29) is 6.04 Å². The van der Waals surface area contributed by atoms with Crippen molar-refractivity contribution in [2.75, 3.05) is 0 Å². The van der Waals surface area contributed by atoms with Crippen molar-refractivity contribution in [1.82, 2.24) is 4.98 Å². The van der Waals surface area contributed by atoms with Crippen LogP contribution in [-0.2, 0) is 13.0 Å². The Bertz CT molecular complexity index is 617. The van der Waals surface area contributed by atoms with Gasteiger partial charge in [-0.05, 0) is 36.6 Å². The van der Waals surface area contributed by atoms with E-state index in [0.717, 1.165) is 24.2 Å². The van der Waals surface area contributed by atoms with Gasteiger partial charge in [-0.2, -0.15) is 5.26 Å². The van der Waals surface area contributed by atoms with Gasteiger partial charge in [-0.25, -0.2) is 4.98 Å². The van der Waals surface area contributed by atoms with Crippen molar-refractivity contribution < 1.29 is 4.74 Å². The maximum Gasteiger partial charge on any atom is 0.147 e. The average Bonchev–Trinajstić information content (AvgIpc) is 2.54. The summed E-state index contributed by atoms with van der Waals surface area (Å²) in [6, 6.07) is 13.8. The molecule has 1 aromatic carbocycles. The molecule has 4 heteroatoms. The Kier molecular flexibility index (Phi) is 5.30. The first-order chi connectivity index (χ1) is 10.2. The first-order valence-electron chi connectivity index (χ1n) is 7.04. The van der Waals surface area contributed by atoms with Gasteiger partial charge in [0.05, 0.1) is 0 Å². The van der Waals surface area contributed by atoms with E-state index < -0.39 is 0 Å². The second kappa shape index (κ2) is 7.41. The second-order valence-corrected chi connectivity index (χ2v) is 4.93. The number of rotatable bonds is 6. The van der Waals surface area contributed by atoms with Gasteiger partial charge in [0, 0.05) is 17.8 Å². The van der Waals surface area contributed by atoms with Gasteiger partial charge in [-0.3, -0.25) is 0 Å². The van der Waals surface area contributed by atoms with Crippen LogP contribution in [0.4, 0.5) is 0 Å². The molecule has 2 N–H and O–H groups in total. The number of nitrogens with two attached hydrogens (primary N) is 1. The monoisotopic (exact) mass is 281 g/mol. The third-order valence-electron chi connectivity index (χ3n) is 3.34. The summed E-state index contributed by atoms with van der Waals surface area (Å²) in [6.45, 7) is 2.42. The van der Waals surface area contributed by atoms with E-state index in [0.29, 0.717) is 12.3 Å². The van der Waals surface area contributed by atoms with E-state index in [4.69, 9.17) is 15.7 Å². The van der Waals surface area contributed by atoms with E-state index in [1.54, 1.807) is 12.3 Å². The normalized spacial score (nSPS) is 11.7. The Balaban J connectivity index is 1.96. The molecule has 108 valence electrons. The maximum absolute atomic E-state index is 8.98. The first kappa shape index (κ1) is 15.0. The first-order valence-corrected chi connectivity index (χ1v) is 7.04. The zero-order valence-electron chi connectivity index (χ0n) is 12.1. The Labute approximate surface area is 125 Å². The molecule has 0 spiro atoms. The van der Waals surface area contributed by atoms with Gasteiger partial charge >= 0.3 is 0 Å². The number of hydrogen-bond donors (Lipinski definition) is 1. The molecule has 1 unspecified atom stereocenters. The molecule has 1 heterocycles. The predicted molar refractivity (Wildman–Crippen MR) is 81.7 cm³/mol. The molecular weight excluding hydrogens is 262 g/mol. The highest BCUT2D eigenvalue weighted by Gasteiger charge is 2.04. The quantitative estimate of drug-likeness (QED) is 0.883. The van der Waals surface area contributed by atoms with Gasteiger partial charge in [-0.15, -0.1) is 0 Å². The minimum Gasteiger partial charge on any atom is -0.489 e. The van der Waals surface area contributed by atoms with Crippen LogP contribution < -0.4 is 10.5 Å². The Morgan fingerprint density at radius 1 is 1.29 bits per heavy atom. The highest BCUT2D eigenvalue weighted by Crippen LogP contribution is 2.16. The number of pyridine rings is 1. The summed E-state index contributed by atoms with van der Waals surface area (Å²) in [7, 11) is 0. The lowest BCUT2D eigenvalue weighted by Crippen LogP contribution is -2.21. The molecule has 0 saturated heterocycles. The number of aromatic nitrogens is 1. The number of nitriles is 1. The van der Waals surface area contributed by atoms with Crippen LogP contribution in [0.5, 0.6) is 5.75 Å². The van der Waals surface area contributed by atoms with Crippen LogP contribution in [0, 0.1) is 11.3 Å². The smallest absolute Gasteiger partial charge is 0.147 e. The van der Waals surface area contributed by atoms with E-state index >= 15 is 0 Å². The summed E-state index contributed by atoms with van der Waals surface area (Å²) in [5, 5.41) is 8.98. The molecule has 2 rings (SSSR count). The van der Waals surface area contributed by atoms with Gasteiger partial charge in [0.2, 0.25) is 0 Å². The fourth-order valence-corrected chi connectivity index (χ4v) is 1.99. The topological polar surface area (TPSA) is 71.9 Å². The number of benzene rings is 1. The largest absolute Gasteiger partial charge is 0.489 e. The zero-order chi connectivity index (χ0) is 15.1. The van der Waals surface area contributed by atoms with Crippen LogP contribution in [0.3, 0.4) is 0 Å². The molecule has 0 bridgehead atoms. The third-order valence-corrected chi connectivity index (χ3v) is 3.34. The second-order valence-electron chi connectivity index (χ2n) is 4.93. The predicted octanol–water partition coefficient (Wildman–Crippen LogP) is 2.81. The van der Waals surface area contributed by atoms with Crippen LogP contribution in [0.1, 0.15) is 30.2 Å². The summed E-state index contributed by atoms with van der Waals surface area (Å²) >= 11 is 0. The van der Waals surface area contributed by atoms with E-state index in [9.17, 15) is 0 Å². The van der Waals surface area contributed by atoms with E-state index in [1.165, 1.54) is 5.56 Å². The number of hydrogen-bond acceptors (Lipinski definition) is 4. The Morgan fingerprint density at radius 3 is 2.71 bits per heavy atom. The Hall–Kier alpha value is -2.38. The molecule has 0 aliphatic heterocycles. The molecule has 21 heavy (non-hydrogen) atoms. The Morgan fingerprint density at radius 2 is 2.05 bits per heavy atom. The third kappa shape index (κ3) is 4.30. The van der Waals surface area contributed by atoms with Gasteiger partial charge in [0.15, 0.2) is 0 Å². The lowest BCUT2D eigenvalue weighted by molar-refractivity contribution is 0.305. The average molecular weight is 281 g/mol. The highest BCUT2D eigenvalue weighted by molar-refractivity contribution is 5.32. The lowest BCUT2D eigenvalue weighted by atomic mass is 10.0. The molecule has 1 aromatic heterocycles. The molecule has 0 saturated carbocycles. The molecular formula is C17H19N3O. The molecule has 0 amide bonds. The van der Waals surface area contributed by atoms with Gasteiger partial charge in [0.1, 0.15) is 24.1 Å². The van der Waals surface area contributed by atoms with Crippen LogP contribution in [0.25, 0.3) is 0 Å². The van der Waals surface area contributed by atoms with Crippen LogP contribution >= 0.6 is 0 Å². The maximum atomic E-state index is 8.98. The molecule has 4 nitrogen and oxygen atoms in total. The summed E-state index contributed by atoms with van der Waals surface area (Å²) in [5.41, 5.74) is 8.34. The van der Waals surface area contributed by atoms with E-state index in [2.05, 4.69) is 18.0 Å². The molecule has 0 fully saturated rings. The van der Waals surface area contributed by atoms with Crippen molar-refractivity contribution in [2.24, 2.45) is 5.73 Å². The summed E-state index contributed by atoms with van der Waals surface area (Å²) < 4.78 is 5.70. The molecule has 2 aromatic rings. The SMILES string of the molecule is CCC(N)Cc1ccc(OCc2cccnc2C#N)cc1. The summed E-state index contributed by atoms with van der Waals surface area (Å²) in [5.74, 6) is 0.775. The number of ether oxygens (including phenoxy) is 1. The van der Waals surface area contributed by atoms with Crippen LogP contribution in [0.2, 0.25) is 0 Å². The van der Waals surface area contributed by atoms with Crippen LogP contribution in [0.15, 0.2) is 42.6 Å². The van der Waals surface area contributed by atoms with Gasteiger partial charge in [-0.1, -0.05) is 25.1 Å². The zero-order valence-corrected chi connectivity index (χ0v) is 12.1. The van der Waals surface area contributed by atoms with Gasteiger partial charge < -0.3 is 10.5 Å². The van der Waals surface area contributed by atoms with Crippen molar-refractivity contribution >= 4 is 0 Å². The summed E-state index contributed by atoms with van der Waals surface area (Å²) in [4.78, 5) is 4.01. The molecule has 1 atom stereocenters. The summed E-state index contributed by atoms with van der Waals surface area (Å²) in [6.07, 6.45) is 3.45. The van der Waals surface area contributed by atoms with E-state index in [1.807, 2.05) is 30.3 Å². The van der Waals surface area contributed by atoms with Crippen LogP contribution in [-0.4, -0.2) is 11.0 Å². The number of nitrogens with zero attached hydrogens (tertiary/aromatic N) is 2. The minimum atomic E-state index is 0.199. The van der Waals surface area contributed by atoms with Crippen molar-refractivity contribution in [2.45, 2.75) is 32.4 Å². The minimum absolute atomic E-state index is 0.199. The fourth-order valence-electron chi connectivity index (χ4n) is 1.99. The fraction of sp³-hybridized carbons (Fsp3) is 0.294. The van der Waals surface area contributed by atoms with Gasteiger partial charge in [0.25, 0.3) is 0 Å². The van der Waals surface area contributed by atoms with Crippen molar-refractivity contribution in [1.29, 1.82) is 5.26 Å². The van der Waals surface area contributed by atoms with Crippen molar-refractivity contribution in [3.63, 3.8) is 0 Å². The van der Waals surface area contributed by atoms with Crippen molar-refractivity contribution in [3.05, 3.63) is 59.4 Å². The molecule has 0 radical (unpaired) electrons.